The molecule has 0 saturated carbocycles. The third kappa shape index (κ3) is 4.44. The van der Waals surface area contributed by atoms with Gasteiger partial charge in [0.2, 0.25) is 5.91 Å². The number of rotatable bonds is 5. The van der Waals surface area contributed by atoms with E-state index >= 15 is 0 Å². The van der Waals surface area contributed by atoms with Gasteiger partial charge in [0.15, 0.2) is 0 Å². The molecule has 1 aromatic carbocycles. The fraction of sp³-hybridized carbons (Fsp3) is 0.462. The number of amides is 1. The Morgan fingerprint density at radius 1 is 1.53 bits per heavy atom. The quantitative estimate of drug-likeness (QED) is 0.822. The summed E-state index contributed by atoms with van der Waals surface area (Å²) in [5.74, 6) is 0.779. The second-order valence-electron chi connectivity index (χ2n) is 4.14. The molecule has 0 heterocycles. The number of carbonyl (C=O) groups excluding carboxylic acids is 1. The van der Waals surface area contributed by atoms with Crippen LogP contribution in [0, 0.1) is 6.92 Å². The van der Waals surface area contributed by atoms with Gasteiger partial charge >= 0.3 is 0 Å². The van der Waals surface area contributed by atoms with Gasteiger partial charge < -0.3 is 15.8 Å². The molecule has 0 spiro atoms. The fourth-order valence-electron chi connectivity index (χ4n) is 1.55. The maximum absolute atomic E-state index is 11.5. The third-order valence-electron chi connectivity index (χ3n) is 2.27. The van der Waals surface area contributed by atoms with Crippen molar-refractivity contribution in [1.29, 1.82) is 0 Å². The molecule has 4 nitrogen and oxygen atoms in total. The topological polar surface area (TPSA) is 64.3 Å². The number of nitrogens with two attached hydrogens (primary N) is 1. The van der Waals surface area contributed by atoms with Crippen molar-refractivity contribution in [3.63, 3.8) is 0 Å². The first kappa shape index (κ1) is 13.5. The fourth-order valence-corrected chi connectivity index (χ4v) is 1.55. The zero-order valence-electron chi connectivity index (χ0n) is 10.6. The van der Waals surface area contributed by atoms with Crippen LogP contribution in [0.1, 0.15) is 25.8 Å². The first-order valence-corrected chi connectivity index (χ1v) is 5.81. The van der Waals surface area contributed by atoms with E-state index in [9.17, 15) is 4.79 Å². The largest absolute Gasteiger partial charge is 0.494 e. The Bertz CT molecular complexity index is 389. The Kier molecular flexibility index (Phi) is 4.97. The van der Waals surface area contributed by atoms with E-state index < -0.39 is 0 Å². The molecule has 0 aromatic heterocycles. The van der Waals surface area contributed by atoms with Gasteiger partial charge in [-0.05, 0) is 44.5 Å². The Morgan fingerprint density at radius 2 is 2.24 bits per heavy atom. The molecule has 0 aliphatic carbocycles. The number of benzene rings is 1. The van der Waals surface area contributed by atoms with Crippen molar-refractivity contribution >= 4 is 11.6 Å². The predicted octanol–water partition coefficient (Wildman–Crippen LogP) is 2.07. The van der Waals surface area contributed by atoms with Crippen LogP contribution in [-0.4, -0.2) is 18.6 Å². The van der Waals surface area contributed by atoms with Crippen molar-refractivity contribution in [2.75, 3.05) is 11.9 Å². The molecule has 17 heavy (non-hydrogen) atoms. The Balaban J connectivity index is 2.67. The molecule has 3 N–H and O–H groups in total. The summed E-state index contributed by atoms with van der Waals surface area (Å²) in [6.45, 7) is 6.34. The van der Waals surface area contributed by atoms with Gasteiger partial charge in [-0.25, -0.2) is 0 Å². The first-order chi connectivity index (χ1) is 8.02. The van der Waals surface area contributed by atoms with E-state index in [1.165, 1.54) is 0 Å². The van der Waals surface area contributed by atoms with Crippen LogP contribution in [0.5, 0.6) is 5.75 Å². The van der Waals surface area contributed by atoms with E-state index in [2.05, 4.69) is 5.32 Å². The highest BCUT2D eigenvalue weighted by Gasteiger charge is 2.06. The molecule has 94 valence electrons. The van der Waals surface area contributed by atoms with Gasteiger partial charge in [0.1, 0.15) is 5.75 Å². The number of nitrogens with one attached hydrogen (secondary N) is 1. The molecule has 0 saturated heterocycles. The molecule has 0 fully saturated rings. The average molecular weight is 236 g/mol. The number of carbonyl (C=O) groups is 1. The minimum Gasteiger partial charge on any atom is -0.494 e. The number of hydrogen-bond donors (Lipinski definition) is 2. The lowest BCUT2D eigenvalue weighted by molar-refractivity contribution is -0.116. The van der Waals surface area contributed by atoms with Crippen LogP contribution >= 0.6 is 0 Å². The van der Waals surface area contributed by atoms with E-state index in [1.54, 1.807) is 0 Å². The molecule has 1 aromatic rings. The van der Waals surface area contributed by atoms with E-state index in [-0.39, 0.29) is 11.9 Å². The van der Waals surface area contributed by atoms with Gasteiger partial charge in [0.05, 0.1) is 6.61 Å². The molecule has 1 atom stereocenters. The van der Waals surface area contributed by atoms with Gasteiger partial charge in [-0.2, -0.15) is 0 Å². The number of anilines is 1. The molecule has 1 unspecified atom stereocenters. The van der Waals surface area contributed by atoms with Crippen LogP contribution in [0.3, 0.4) is 0 Å². The third-order valence-corrected chi connectivity index (χ3v) is 2.27. The van der Waals surface area contributed by atoms with Gasteiger partial charge in [-0.3, -0.25) is 4.79 Å². The molecule has 0 bridgehead atoms. The second kappa shape index (κ2) is 6.25. The van der Waals surface area contributed by atoms with Crippen molar-refractivity contribution in [2.24, 2.45) is 5.73 Å². The molecule has 4 heteroatoms. The molecular weight excluding hydrogens is 216 g/mol. The number of hydrogen-bond acceptors (Lipinski definition) is 3. The molecule has 1 amide bonds. The van der Waals surface area contributed by atoms with Crippen LogP contribution in [0.2, 0.25) is 0 Å². The van der Waals surface area contributed by atoms with Gasteiger partial charge in [0, 0.05) is 18.2 Å². The predicted molar refractivity (Wildman–Crippen MR) is 69.2 cm³/mol. The minimum absolute atomic E-state index is 0.0661. The summed E-state index contributed by atoms with van der Waals surface area (Å²) in [5, 5.41) is 2.81. The lowest BCUT2D eigenvalue weighted by atomic mass is 10.2. The second-order valence-corrected chi connectivity index (χ2v) is 4.14. The summed E-state index contributed by atoms with van der Waals surface area (Å²) in [5.41, 5.74) is 7.34. The minimum atomic E-state index is -0.126. The summed E-state index contributed by atoms with van der Waals surface area (Å²) in [6, 6.07) is 5.46. The van der Waals surface area contributed by atoms with Crippen LogP contribution < -0.4 is 15.8 Å². The molecule has 1 rings (SSSR count). The number of aryl methyl sites for hydroxylation is 1. The van der Waals surface area contributed by atoms with E-state index in [0.717, 1.165) is 17.0 Å². The average Bonchev–Trinajstić information content (AvgIpc) is 2.21. The lowest BCUT2D eigenvalue weighted by Gasteiger charge is -2.11. The van der Waals surface area contributed by atoms with E-state index in [1.807, 2.05) is 39.0 Å². The summed E-state index contributed by atoms with van der Waals surface area (Å²) < 4.78 is 5.43. The monoisotopic (exact) mass is 236 g/mol. The zero-order chi connectivity index (χ0) is 12.8. The maximum Gasteiger partial charge on any atom is 0.225 e. The Morgan fingerprint density at radius 3 is 2.76 bits per heavy atom. The number of ether oxygens (including phenoxy) is 1. The zero-order valence-corrected chi connectivity index (χ0v) is 10.6. The Labute approximate surface area is 102 Å². The normalized spacial score (nSPS) is 12.0. The van der Waals surface area contributed by atoms with E-state index in [4.69, 9.17) is 10.5 Å². The van der Waals surface area contributed by atoms with Crippen molar-refractivity contribution in [3.05, 3.63) is 23.8 Å². The standard InChI is InChI=1S/C13H20N2O2/c1-4-17-12-6-5-11(7-9(12)2)15-13(16)8-10(3)14/h5-7,10H,4,8,14H2,1-3H3,(H,15,16). The van der Waals surface area contributed by atoms with Crippen molar-refractivity contribution in [1.82, 2.24) is 0 Å². The molecule has 0 aliphatic rings. The summed E-state index contributed by atoms with van der Waals surface area (Å²) in [4.78, 5) is 11.5. The van der Waals surface area contributed by atoms with Crippen LogP contribution in [0.15, 0.2) is 18.2 Å². The lowest BCUT2D eigenvalue weighted by Crippen LogP contribution is -2.23. The first-order valence-electron chi connectivity index (χ1n) is 5.81. The summed E-state index contributed by atoms with van der Waals surface area (Å²) in [6.07, 6.45) is 0.326. The van der Waals surface area contributed by atoms with Gasteiger partial charge in [-0.1, -0.05) is 0 Å². The van der Waals surface area contributed by atoms with Crippen molar-refractivity contribution < 1.29 is 9.53 Å². The van der Waals surface area contributed by atoms with Crippen LogP contribution in [0.25, 0.3) is 0 Å². The van der Waals surface area contributed by atoms with Crippen molar-refractivity contribution in [2.45, 2.75) is 33.2 Å². The maximum atomic E-state index is 11.5. The molecule has 0 radical (unpaired) electrons. The van der Waals surface area contributed by atoms with Crippen LogP contribution in [0.4, 0.5) is 5.69 Å². The van der Waals surface area contributed by atoms with Crippen molar-refractivity contribution in [3.8, 4) is 5.75 Å². The highest BCUT2D eigenvalue weighted by atomic mass is 16.5. The Hall–Kier alpha value is -1.55. The molecule has 0 aliphatic heterocycles. The smallest absolute Gasteiger partial charge is 0.225 e. The van der Waals surface area contributed by atoms with Gasteiger partial charge in [0.25, 0.3) is 0 Å². The molecular formula is C13H20N2O2. The van der Waals surface area contributed by atoms with Gasteiger partial charge in [-0.15, -0.1) is 0 Å². The highest BCUT2D eigenvalue weighted by Crippen LogP contribution is 2.21. The summed E-state index contributed by atoms with van der Waals surface area (Å²) >= 11 is 0. The van der Waals surface area contributed by atoms with Crippen LogP contribution in [-0.2, 0) is 4.79 Å². The summed E-state index contributed by atoms with van der Waals surface area (Å²) in [7, 11) is 0. The SMILES string of the molecule is CCOc1ccc(NC(=O)CC(C)N)cc1C. The highest BCUT2D eigenvalue weighted by molar-refractivity contribution is 5.91. The van der Waals surface area contributed by atoms with E-state index in [0.29, 0.717) is 13.0 Å².